The lowest BCUT2D eigenvalue weighted by Gasteiger charge is -2.15. The standard InChI is InChI=1S/C11H13NO2/c1-14-10-6-4-9(5-7-10)12-8-2-3-11(12)13/h4-7H,2-3,8H2,1H3/i11+1. The average Bonchev–Trinajstić information content (AvgIpc) is 2.65. The van der Waals surface area contributed by atoms with Gasteiger partial charge in [-0.2, -0.15) is 0 Å². The quantitative estimate of drug-likeness (QED) is 0.669. The van der Waals surface area contributed by atoms with E-state index in [0.29, 0.717) is 6.42 Å². The highest BCUT2D eigenvalue weighted by Gasteiger charge is 2.21. The Hall–Kier alpha value is -1.51. The number of carbonyl (C=O) groups excluding carboxylic acids is 1. The molecule has 0 aromatic heterocycles. The summed E-state index contributed by atoms with van der Waals surface area (Å²) in [6.45, 7) is 0.838. The van der Waals surface area contributed by atoms with Crippen LogP contribution in [0.4, 0.5) is 5.69 Å². The number of anilines is 1. The number of nitrogens with zero attached hydrogens (tertiary/aromatic N) is 1. The van der Waals surface area contributed by atoms with Gasteiger partial charge in [0.25, 0.3) is 0 Å². The Balaban J connectivity index is 2.20. The Bertz CT molecular complexity index is 332. The summed E-state index contributed by atoms with van der Waals surface area (Å²) < 4.78 is 5.06. The van der Waals surface area contributed by atoms with Crippen LogP contribution in [0.1, 0.15) is 12.8 Å². The Morgan fingerprint density at radius 1 is 1.29 bits per heavy atom. The molecule has 1 aromatic carbocycles. The van der Waals surface area contributed by atoms with Crippen molar-refractivity contribution in [1.29, 1.82) is 0 Å². The molecule has 0 spiro atoms. The lowest BCUT2D eigenvalue weighted by Crippen LogP contribution is -2.23. The zero-order valence-corrected chi connectivity index (χ0v) is 8.19. The number of benzene rings is 1. The highest BCUT2D eigenvalue weighted by molar-refractivity contribution is 5.95. The SMILES string of the molecule is COc1ccc(N2CCC[13C]2=O)cc1. The van der Waals surface area contributed by atoms with Crippen LogP contribution < -0.4 is 9.64 Å². The summed E-state index contributed by atoms with van der Waals surface area (Å²) in [5, 5.41) is 0. The van der Waals surface area contributed by atoms with Gasteiger partial charge < -0.3 is 9.64 Å². The molecule has 1 aliphatic heterocycles. The normalized spacial score (nSPS) is 16.1. The molecule has 1 heterocycles. The second-order valence-electron chi connectivity index (χ2n) is 3.35. The van der Waals surface area contributed by atoms with E-state index in [1.165, 1.54) is 0 Å². The van der Waals surface area contributed by atoms with Gasteiger partial charge in [-0.05, 0) is 30.7 Å². The molecule has 1 amide bonds. The highest BCUT2D eigenvalue weighted by atomic mass is 16.5. The first kappa shape index (κ1) is 9.06. The molecule has 14 heavy (non-hydrogen) atoms. The van der Waals surface area contributed by atoms with E-state index in [9.17, 15) is 4.79 Å². The molecule has 0 atom stereocenters. The van der Waals surface area contributed by atoms with Gasteiger partial charge in [0.15, 0.2) is 0 Å². The molecule has 0 radical (unpaired) electrons. The monoisotopic (exact) mass is 192 g/mol. The molecular weight excluding hydrogens is 179 g/mol. The number of amides is 1. The van der Waals surface area contributed by atoms with E-state index in [0.717, 1.165) is 24.4 Å². The molecule has 0 bridgehead atoms. The van der Waals surface area contributed by atoms with Crippen molar-refractivity contribution in [2.45, 2.75) is 12.8 Å². The number of hydrogen-bond acceptors (Lipinski definition) is 2. The van der Waals surface area contributed by atoms with E-state index in [4.69, 9.17) is 4.74 Å². The molecule has 0 unspecified atom stereocenters. The molecule has 3 heteroatoms. The summed E-state index contributed by atoms with van der Waals surface area (Å²) in [5.74, 6) is 1.04. The second-order valence-corrected chi connectivity index (χ2v) is 3.35. The van der Waals surface area contributed by atoms with Crippen LogP contribution in [0.15, 0.2) is 24.3 Å². The molecule has 1 aliphatic rings. The smallest absolute Gasteiger partial charge is 0.227 e. The van der Waals surface area contributed by atoms with Crippen molar-refractivity contribution >= 4 is 11.6 Å². The van der Waals surface area contributed by atoms with Gasteiger partial charge in [-0.1, -0.05) is 0 Å². The third-order valence-corrected chi connectivity index (χ3v) is 2.46. The van der Waals surface area contributed by atoms with Gasteiger partial charge in [0.2, 0.25) is 5.91 Å². The van der Waals surface area contributed by atoms with Crippen molar-refractivity contribution < 1.29 is 9.53 Å². The lowest BCUT2D eigenvalue weighted by atomic mass is 10.3. The predicted molar refractivity (Wildman–Crippen MR) is 54.6 cm³/mol. The Kier molecular flexibility index (Phi) is 2.39. The third-order valence-electron chi connectivity index (χ3n) is 2.46. The molecule has 3 nitrogen and oxygen atoms in total. The van der Waals surface area contributed by atoms with Crippen LogP contribution in [0.25, 0.3) is 0 Å². The van der Waals surface area contributed by atoms with Crippen molar-refractivity contribution in [1.82, 2.24) is 0 Å². The Morgan fingerprint density at radius 2 is 2.00 bits per heavy atom. The summed E-state index contributed by atoms with van der Waals surface area (Å²) in [5.41, 5.74) is 0.966. The molecule has 1 saturated heterocycles. The minimum atomic E-state index is 0.218. The van der Waals surface area contributed by atoms with Gasteiger partial charge in [0.1, 0.15) is 5.75 Å². The summed E-state index contributed by atoms with van der Waals surface area (Å²) in [6, 6.07) is 7.59. The van der Waals surface area contributed by atoms with E-state index >= 15 is 0 Å². The lowest BCUT2D eigenvalue weighted by molar-refractivity contribution is -0.117. The maximum Gasteiger partial charge on any atom is 0.227 e. The Labute approximate surface area is 83.3 Å². The molecule has 2 rings (SSSR count). The van der Waals surface area contributed by atoms with E-state index in [1.807, 2.05) is 29.2 Å². The molecule has 74 valence electrons. The van der Waals surface area contributed by atoms with Crippen LogP contribution in [-0.2, 0) is 4.79 Å². The minimum Gasteiger partial charge on any atom is -0.497 e. The van der Waals surface area contributed by atoms with Gasteiger partial charge in [0, 0.05) is 18.7 Å². The molecule has 0 aliphatic carbocycles. The van der Waals surface area contributed by atoms with Crippen LogP contribution in [0.5, 0.6) is 5.75 Å². The van der Waals surface area contributed by atoms with Crippen LogP contribution >= 0.6 is 0 Å². The van der Waals surface area contributed by atoms with Gasteiger partial charge in [-0.15, -0.1) is 0 Å². The van der Waals surface area contributed by atoms with E-state index < -0.39 is 0 Å². The van der Waals surface area contributed by atoms with Crippen molar-refractivity contribution in [2.24, 2.45) is 0 Å². The fourth-order valence-corrected chi connectivity index (χ4v) is 1.68. The zero-order chi connectivity index (χ0) is 9.97. The summed E-state index contributed by atoms with van der Waals surface area (Å²) >= 11 is 0. The average molecular weight is 192 g/mol. The van der Waals surface area contributed by atoms with Gasteiger partial charge >= 0.3 is 0 Å². The van der Waals surface area contributed by atoms with Crippen LogP contribution in [0.2, 0.25) is 0 Å². The van der Waals surface area contributed by atoms with Crippen LogP contribution in [0, 0.1) is 0 Å². The van der Waals surface area contributed by atoms with E-state index in [2.05, 4.69) is 0 Å². The molecule has 0 saturated carbocycles. The molecule has 1 aromatic rings. The predicted octanol–water partition coefficient (Wildman–Crippen LogP) is 1.82. The van der Waals surface area contributed by atoms with Gasteiger partial charge in [-0.25, -0.2) is 0 Å². The largest absolute Gasteiger partial charge is 0.497 e. The maximum atomic E-state index is 11.4. The van der Waals surface area contributed by atoms with Gasteiger partial charge in [-0.3, -0.25) is 4.79 Å². The molecule has 1 fully saturated rings. The van der Waals surface area contributed by atoms with Crippen molar-refractivity contribution in [3.63, 3.8) is 0 Å². The maximum absolute atomic E-state index is 11.4. The van der Waals surface area contributed by atoms with Crippen LogP contribution in [0.3, 0.4) is 0 Å². The van der Waals surface area contributed by atoms with Crippen molar-refractivity contribution in [3.8, 4) is 5.75 Å². The van der Waals surface area contributed by atoms with E-state index in [1.54, 1.807) is 7.11 Å². The summed E-state index contributed by atoms with van der Waals surface area (Å²) in [7, 11) is 1.63. The molecular formula is C11H13NO2. The first-order valence-corrected chi connectivity index (χ1v) is 4.75. The number of methoxy groups -OCH3 is 1. The number of rotatable bonds is 2. The summed E-state index contributed by atoms with van der Waals surface area (Å²) in [4.78, 5) is 13.2. The van der Waals surface area contributed by atoms with Crippen molar-refractivity contribution in [3.05, 3.63) is 24.3 Å². The highest BCUT2D eigenvalue weighted by Crippen LogP contribution is 2.23. The fraction of sp³-hybridized carbons (Fsp3) is 0.364. The van der Waals surface area contributed by atoms with E-state index in [-0.39, 0.29) is 5.91 Å². The number of ether oxygens (including phenoxy) is 1. The molecule has 0 N–H and O–H groups in total. The van der Waals surface area contributed by atoms with Crippen molar-refractivity contribution in [2.75, 3.05) is 18.6 Å². The summed E-state index contributed by atoms with van der Waals surface area (Å²) in [6.07, 6.45) is 1.64. The van der Waals surface area contributed by atoms with Gasteiger partial charge in [0.05, 0.1) is 7.11 Å². The first-order valence-electron chi connectivity index (χ1n) is 4.75. The first-order chi connectivity index (χ1) is 6.81. The minimum absolute atomic E-state index is 0.218. The third kappa shape index (κ3) is 1.58. The Morgan fingerprint density at radius 3 is 2.50 bits per heavy atom. The number of hydrogen-bond donors (Lipinski definition) is 0. The zero-order valence-electron chi connectivity index (χ0n) is 8.19. The van der Waals surface area contributed by atoms with Crippen LogP contribution in [-0.4, -0.2) is 19.6 Å². The number of carbonyl (C=O) groups is 1. The fourth-order valence-electron chi connectivity index (χ4n) is 1.68. The second kappa shape index (κ2) is 3.70. The topological polar surface area (TPSA) is 29.5 Å².